The predicted molar refractivity (Wildman–Crippen MR) is 236 cm³/mol. The van der Waals surface area contributed by atoms with Crippen molar-refractivity contribution in [3.8, 4) is 0 Å². The van der Waals surface area contributed by atoms with Crippen LogP contribution in [-0.2, 0) is 70.5 Å². The Bertz CT molecular complexity index is 1830. The second kappa shape index (κ2) is 32.9. The van der Waals surface area contributed by atoms with Gasteiger partial charge in [-0.3, -0.25) is 38.4 Å². The number of nitrogens with two attached hydrogens (primary N) is 1. The summed E-state index contributed by atoms with van der Waals surface area (Å²) < 4.78 is 20.0. The summed E-state index contributed by atoms with van der Waals surface area (Å²) in [5.41, 5.74) is 5.85. The topological polar surface area (TPSA) is 302 Å². The van der Waals surface area contributed by atoms with E-state index in [1.807, 2.05) is 69.3 Å². The van der Waals surface area contributed by atoms with Gasteiger partial charge in [0.2, 0.25) is 11.8 Å². The normalized spacial score (nSPS) is 10.4. The van der Waals surface area contributed by atoms with Crippen molar-refractivity contribution < 1.29 is 72.0 Å². The SMILES string of the molecule is CC(C)(C)OC(=O)CCCC(=O)CNC(=O)CCC(=O)CNC(=O)OCc1ccccc1.CC(C)(C)OC(=O)CCN.O=C(O)CNC(=O)CCC(=O)CNC(=O)OCc1ccccc1. The molecule has 0 unspecified atom stereocenters. The van der Waals surface area contributed by atoms with E-state index in [0.29, 0.717) is 19.4 Å². The third kappa shape index (κ3) is 37.6. The third-order valence-electron chi connectivity index (χ3n) is 7.49. The van der Waals surface area contributed by atoms with Gasteiger partial charge in [0.25, 0.3) is 0 Å². The minimum atomic E-state index is -1.16. The summed E-state index contributed by atoms with van der Waals surface area (Å²) in [5, 5.41) is 17.6. The number of rotatable bonds is 24. The minimum Gasteiger partial charge on any atom is -0.480 e. The molecule has 20 nitrogen and oxygen atoms in total. The van der Waals surface area contributed by atoms with E-state index in [1.54, 1.807) is 32.9 Å². The maximum absolute atomic E-state index is 11.8. The van der Waals surface area contributed by atoms with E-state index in [9.17, 15) is 47.9 Å². The van der Waals surface area contributed by atoms with Crippen LogP contribution in [0.5, 0.6) is 0 Å². The first-order chi connectivity index (χ1) is 30.5. The van der Waals surface area contributed by atoms with Crippen LogP contribution in [0.2, 0.25) is 0 Å². The molecule has 0 saturated heterocycles. The maximum atomic E-state index is 11.8. The van der Waals surface area contributed by atoms with Crippen LogP contribution in [0.1, 0.15) is 104 Å². The Morgan fingerprint density at radius 1 is 0.492 bits per heavy atom. The van der Waals surface area contributed by atoms with Crippen LogP contribution >= 0.6 is 0 Å². The molecule has 0 fully saturated rings. The van der Waals surface area contributed by atoms with Crippen LogP contribution in [-0.4, -0.2) is 108 Å². The summed E-state index contributed by atoms with van der Waals surface area (Å²) in [6.45, 7) is 10.2. The Balaban J connectivity index is 0.00000108. The van der Waals surface area contributed by atoms with Crippen molar-refractivity contribution in [2.75, 3.05) is 32.7 Å². The molecule has 0 radical (unpaired) electrons. The number of hydrogen-bond donors (Lipinski definition) is 6. The number of carbonyl (C=O) groups excluding carboxylic acids is 9. The second-order valence-electron chi connectivity index (χ2n) is 16.0. The summed E-state index contributed by atoms with van der Waals surface area (Å²) in [4.78, 5) is 114. The van der Waals surface area contributed by atoms with E-state index in [2.05, 4.69) is 21.3 Å². The lowest BCUT2D eigenvalue weighted by molar-refractivity contribution is -0.155. The van der Waals surface area contributed by atoms with Crippen molar-refractivity contribution in [1.29, 1.82) is 0 Å². The number of aliphatic carboxylic acids is 1. The van der Waals surface area contributed by atoms with Gasteiger partial charge in [-0.25, -0.2) is 9.59 Å². The van der Waals surface area contributed by atoms with E-state index in [1.165, 1.54) is 0 Å². The highest BCUT2D eigenvalue weighted by Gasteiger charge is 2.17. The Hall–Kier alpha value is -6.70. The Labute approximate surface area is 379 Å². The number of benzene rings is 2. The Morgan fingerprint density at radius 3 is 1.25 bits per heavy atom. The van der Waals surface area contributed by atoms with E-state index in [0.717, 1.165) is 11.1 Å². The van der Waals surface area contributed by atoms with E-state index < -0.39 is 42.1 Å². The third-order valence-corrected chi connectivity index (χ3v) is 7.49. The van der Waals surface area contributed by atoms with Gasteiger partial charge in [-0.1, -0.05) is 60.7 Å². The fraction of sp³-hybridized carbons (Fsp3) is 0.511. The van der Waals surface area contributed by atoms with Gasteiger partial charge in [0.1, 0.15) is 31.0 Å². The molecule has 360 valence electrons. The zero-order valence-corrected chi connectivity index (χ0v) is 38.1. The average Bonchev–Trinajstić information content (AvgIpc) is 3.23. The number of carboxylic acid groups (broad SMARTS) is 1. The minimum absolute atomic E-state index is 0.0718. The average molecular weight is 916 g/mol. The molecular weight excluding hydrogens is 851 g/mol. The summed E-state index contributed by atoms with van der Waals surface area (Å²) >= 11 is 0. The number of amides is 4. The molecule has 0 saturated carbocycles. The molecule has 20 heteroatoms. The number of alkyl carbamates (subject to hydrolysis) is 2. The molecule has 4 amide bonds. The highest BCUT2D eigenvalue weighted by Crippen LogP contribution is 2.10. The molecule has 0 heterocycles. The predicted octanol–water partition coefficient (Wildman–Crippen LogP) is 3.60. The summed E-state index contributed by atoms with van der Waals surface area (Å²) in [6, 6.07) is 18.2. The smallest absolute Gasteiger partial charge is 0.407 e. The molecule has 0 aliphatic heterocycles. The number of Topliss-reactive ketones (excluding diaryl/α,β-unsaturated/α-hetero) is 3. The van der Waals surface area contributed by atoms with Crippen LogP contribution in [0.4, 0.5) is 9.59 Å². The number of esters is 2. The Kier molecular flexibility index (Phi) is 29.5. The molecular formula is C45H65N5O15. The molecule has 65 heavy (non-hydrogen) atoms. The van der Waals surface area contributed by atoms with Gasteiger partial charge in [0, 0.05) is 45.1 Å². The van der Waals surface area contributed by atoms with Gasteiger partial charge in [-0.2, -0.15) is 0 Å². The van der Waals surface area contributed by atoms with Crippen molar-refractivity contribution in [3.63, 3.8) is 0 Å². The monoisotopic (exact) mass is 915 g/mol. The second-order valence-corrected chi connectivity index (χ2v) is 16.0. The molecule has 0 spiro atoms. The number of carbonyl (C=O) groups is 10. The molecule has 0 aliphatic rings. The van der Waals surface area contributed by atoms with Crippen LogP contribution in [0.15, 0.2) is 60.7 Å². The van der Waals surface area contributed by atoms with Gasteiger partial charge >= 0.3 is 30.1 Å². The van der Waals surface area contributed by atoms with Gasteiger partial charge in [0.15, 0.2) is 17.3 Å². The number of hydrogen-bond acceptors (Lipinski definition) is 15. The van der Waals surface area contributed by atoms with Crippen molar-refractivity contribution in [2.45, 2.75) is 117 Å². The van der Waals surface area contributed by atoms with Crippen LogP contribution in [0, 0.1) is 0 Å². The fourth-order valence-corrected chi connectivity index (χ4v) is 4.54. The zero-order valence-electron chi connectivity index (χ0n) is 38.1. The number of carboxylic acids is 1. The van der Waals surface area contributed by atoms with Gasteiger partial charge < -0.3 is 51.1 Å². The molecule has 0 atom stereocenters. The molecule has 0 bridgehead atoms. The molecule has 2 aromatic carbocycles. The highest BCUT2D eigenvalue weighted by atomic mass is 16.6. The van der Waals surface area contributed by atoms with Crippen LogP contribution in [0.3, 0.4) is 0 Å². The first-order valence-electron chi connectivity index (χ1n) is 20.8. The summed E-state index contributed by atoms with van der Waals surface area (Å²) in [6.07, 6.45) is -0.911. The van der Waals surface area contributed by atoms with E-state index in [4.69, 9.17) is 29.8 Å². The summed E-state index contributed by atoms with van der Waals surface area (Å²) in [7, 11) is 0. The molecule has 7 N–H and O–H groups in total. The molecule has 2 aromatic rings. The quantitative estimate of drug-likeness (QED) is 0.0648. The first-order valence-corrected chi connectivity index (χ1v) is 20.8. The van der Waals surface area contributed by atoms with Crippen molar-refractivity contribution >= 4 is 59.3 Å². The van der Waals surface area contributed by atoms with Crippen LogP contribution in [0.25, 0.3) is 0 Å². The van der Waals surface area contributed by atoms with Gasteiger partial charge in [0.05, 0.1) is 26.1 Å². The first kappa shape index (κ1) is 58.3. The molecule has 0 aromatic heterocycles. The maximum Gasteiger partial charge on any atom is 0.407 e. The molecule has 0 aliphatic carbocycles. The highest BCUT2D eigenvalue weighted by molar-refractivity contribution is 5.90. The lowest BCUT2D eigenvalue weighted by Crippen LogP contribution is -2.32. The molecule has 2 rings (SSSR count). The standard InChI is InChI=1S/C23H32N2O7.C15H18N2O6.C7H15NO2/c1-23(2,3)32-21(29)11-7-10-18(26)14-24-20(28)13-12-19(27)15-25-22(30)31-16-17-8-5-4-6-9-17;18-12(6-7-13(19)16-9-14(20)21)8-17-15(22)23-10-11-4-2-1-3-5-11;1-7(2,3)10-6(9)4-5-8/h4-6,8-9H,7,10-16H2,1-3H3,(H,24,28)(H,25,30);1-5H,6-10H2,(H,16,19)(H,17,22)(H,20,21);4-5,8H2,1-3H3. The van der Waals surface area contributed by atoms with Crippen molar-refractivity contribution in [3.05, 3.63) is 71.8 Å². The van der Waals surface area contributed by atoms with Crippen molar-refractivity contribution in [1.82, 2.24) is 21.3 Å². The van der Waals surface area contributed by atoms with Gasteiger partial charge in [-0.05, 0) is 59.1 Å². The lowest BCUT2D eigenvalue weighted by atomic mass is 10.1. The van der Waals surface area contributed by atoms with Crippen molar-refractivity contribution in [2.24, 2.45) is 5.73 Å². The number of ketones is 3. The van der Waals surface area contributed by atoms with Crippen LogP contribution < -0.4 is 27.0 Å². The number of ether oxygens (including phenoxy) is 4. The largest absolute Gasteiger partial charge is 0.480 e. The fourth-order valence-electron chi connectivity index (χ4n) is 4.54. The summed E-state index contributed by atoms with van der Waals surface area (Å²) in [5.74, 6) is -3.63. The number of nitrogens with one attached hydrogen (secondary N) is 4. The lowest BCUT2D eigenvalue weighted by Gasteiger charge is -2.19. The zero-order chi connectivity index (χ0) is 49.3. The Morgan fingerprint density at radius 2 is 0.862 bits per heavy atom. The van der Waals surface area contributed by atoms with Gasteiger partial charge in [-0.15, -0.1) is 0 Å². The van der Waals surface area contributed by atoms with E-state index >= 15 is 0 Å². The van der Waals surface area contributed by atoms with E-state index in [-0.39, 0.29) is 106 Å².